The summed E-state index contributed by atoms with van der Waals surface area (Å²) >= 11 is 0. The van der Waals surface area contributed by atoms with Gasteiger partial charge in [0.05, 0.1) is 25.4 Å². The van der Waals surface area contributed by atoms with Crippen LogP contribution in [0.2, 0.25) is 0 Å². The number of ether oxygens (including phenoxy) is 1. The van der Waals surface area contributed by atoms with E-state index in [0.29, 0.717) is 25.9 Å². The second kappa shape index (κ2) is 56.7. The third-order valence-corrected chi connectivity index (χ3v) is 13.7. The second-order valence-corrected chi connectivity index (χ2v) is 20.3. The molecule has 0 rings (SSSR count). The van der Waals surface area contributed by atoms with E-state index in [-0.39, 0.29) is 18.5 Å². The lowest BCUT2D eigenvalue weighted by atomic mass is 10.0. The molecule has 0 aliphatic heterocycles. The Morgan fingerprint density at radius 3 is 1.16 bits per heavy atom. The van der Waals surface area contributed by atoms with Crippen molar-refractivity contribution in [1.29, 1.82) is 0 Å². The van der Waals surface area contributed by atoms with E-state index in [1.807, 2.05) is 0 Å². The maximum absolute atomic E-state index is 12.4. The van der Waals surface area contributed by atoms with Gasteiger partial charge in [0, 0.05) is 12.8 Å². The van der Waals surface area contributed by atoms with E-state index in [4.69, 9.17) is 4.74 Å². The van der Waals surface area contributed by atoms with Gasteiger partial charge in [0.25, 0.3) is 0 Å². The predicted octanol–water partition coefficient (Wildman–Crippen LogP) is 18.4. The normalized spacial score (nSPS) is 12.8. The summed E-state index contributed by atoms with van der Waals surface area (Å²) in [6.07, 6.45) is 70.1. The number of hydrogen-bond donors (Lipinski definition) is 3. The van der Waals surface area contributed by atoms with Gasteiger partial charge in [-0.3, -0.25) is 9.59 Å². The highest BCUT2D eigenvalue weighted by Gasteiger charge is 2.20. The van der Waals surface area contributed by atoms with Gasteiger partial charge < -0.3 is 20.3 Å². The van der Waals surface area contributed by atoms with Crippen LogP contribution in [0, 0.1) is 0 Å². The Hall–Kier alpha value is -1.92. The zero-order chi connectivity index (χ0) is 48.6. The van der Waals surface area contributed by atoms with Crippen LogP contribution in [0.3, 0.4) is 0 Å². The lowest BCUT2D eigenvalue weighted by Crippen LogP contribution is -2.45. The van der Waals surface area contributed by atoms with Gasteiger partial charge in [-0.25, -0.2) is 0 Å². The van der Waals surface area contributed by atoms with Gasteiger partial charge in [0.15, 0.2) is 0 Å². The minimum atomic E-state index is -0.667. The van der Waals surface area contributed by atoms with Crippen LogP contribution in [-0.4, -0.2) is 47.4 Å². The predicted molar refractivity (Wildman–Crippen MR) is 292 cm³/mol. The van der Waals surface area contributed by atoms with Crippen LogP contribution in [0.15, 0.2) is 36.5 Å². The van der Waals surface area contributed by atoms with E-state index in [9.17, 15) is 19.8 Å². The number of amides is 1. The highest BCUT2D eigenvalue weighted by atomic mass is 16.5. The van der Waals surface area contributed by atoms with E-state index < -0.39 is 12.1 Å². The smallest absolute Gasteiger partial charge is 0.305 e. The first-order valence-electron chi connectivity index (χ1n) is 29.7. The topological polar surface area (TPSA) is 95.9 Å². The molecule has 2 unspecified atom stereocenters. The molecule has 0 aliphatic carbocycles. The van der Waals surface area contributed by atoms with Gasteiger partial charge in [0.2, 0.25) is 5.91 Å². The average Bonchev–Trinajstić information content (AvgIpc) is 3.33. The number of carbonyl (C=O) groups excluding carboxylic acids is 2. The summed E-state index contributed by atoms with van der Waals surface area (Å²) in [6.45, 7) is 4.92. The lowest BCUT2D eigenvalue weighted by Gasteiger charge is -2.22. The van der Waals surface area contributed by atoms with Crippen LogP contribution in [0.1, 0.15) is 316 Å². The van der Waals surface area contributed by atoms with Crippen LogP contribution in [0.25, 0.3) is 0 Å². The third-order valence-electron chi connectivity index (χ3n) is 13.7. The number of hydrogen-bond acceptors (Lipinski definition) is 5. The lowest BCUT2D eigenvalue weighted by molar-refractivity contribution is -0.143. The Morgan fingerprint density at radius 1 is 0.418 bits per heavy atom. The van der Waals surface area contributed by atoms with E-state index >= 15 is 0 Å². The number of unbranched alkanes of at least 4 members (excludes halogenated alkanes) is 38. The van der Waals surface area contributed by atoms with Gasteiger partial charge >= 0.3 is 5.97 Å². The van der Waals surface area contributed by atoms with Crippen LogP contribution in [0.5, 0.6) is 0 Å². The monoisotopic (exact) mass is 942 g/mol. The first kappa shape index (κ1) is 65.1. The van der Waals surface area contributed by atoms with Crippen molar-refractivity contribution in [3.05, 3.63) is 36.5 Å². The van der Waals surface area contributed by atoms with Gasteiger partial charge in [-0.15, -0.1) is 0 Å². The molecule has 3 N–H and O–H groups in total. The summed E-state index contributed by atoms with van der Waals surface area (Å²) in [5.74, 6) is -0.0413. The Kier molecular flexibility index (Phi) is 55.0. The minimum absolute atomic E-state index is 0.00240. The van der Waals surface area contributed by atoms with Gasteiger partial charge in [-0.2, -0.15) is 0 Å². The van der Waals surface area contributed by atoms with Crippen molar-refractivity contribution < 1.29 is 24.5 Å². The molecule has 67 heavy (non-hydrogen) atoms. The quantitative estimate of drug-likeness (QED) is 0.0321. The molecule has 0 radical (unpaired) electrons. The number of allylic oxidation sites excluding steroid dienone is 6. The second-order valence-electron chi connectivity index (χ2n) is 20.3. The van der Waals surface area contributed by atoms with Crippen molar-refractivity contribution in [3.63, 3.8) is 0 Å². The van der Waals surface area contributed by atoms with Crippen molar-refractivity contribution in [1.82, 2.24) is 5.32 Å². The summed E-state index contributed by atoms with van der Waals surface area (Å²) in [5, 5.41) is 23.1. The molecule has 0 bridgehead atoms. The summed E-state index contributed by atoms with van der Waals surface area (Å²) in [7, 11) is 0. The van der Waals surface area contributed by atoms with Gasteiger partial charge in [0.1, 0.15) is 0 Å². The zero-order valence-corrected chi connectivity index (χ0v) is 44.9. The number of rotatable bonds is 55. The minimum Gasteiger partial charge on any atom is -0.466 e. The van der Waals surface area contributed by atoms with Gasteiger partial charge in [-0.1, -0.05) is 256 Å². The van der Waals surface area contributed by atoms with Crippen LogP contribution < -0.4 is 5.32 Å². The number of aliphatic hydroxyl groups excluding tert-OH is 2. The average molecular weight is 943 g/mol. The van der Waals surface area contributed by atoms with E-state index in [2.05, 4.69) is 55.6 Å². The molecule has 0 saturated carbocycles. The summed E-state index contributed by atoms with van der Waals surface area (Å²) < 4.78 is 5.49. The molecule has 6 nitrogen and oxygen atoms in total. The largest absolute Gasteiger partial charge is 0.466 e. The highest BCUT2D eigenvalue weighted by molar-refractivity contribution is 5.76. The van der Waals surface area contributed by atoms with E-state index in [1.54, 1.807) is 0 Å². The molecule has 0 saturated heterocycles. The van der Waals surface area contributed by atoms with E-state index in [1.165, 1.54) is 231 Å². The summed E-state index contributed by atoms with van der Waals surface area (Å²) in [5.41, 5.74) is 0. The molecular weight excluding hydrogens is 827 g/mol. The zero-order valence-electron chi connectivity index (χ0n) is 44.9. The first-order chi connectivity index (χ1) is 33.0. The molecule has 0 spiro atoms. The van der Waals surface area contributed by atoms with Crippen molar-refractivity contribution in [2.45, 2.75) is 328 Å². The Bertz CT molecular complexity index is 1090. The Labute approximate surface area is 417 Å². The molecule has 6 heteroatoms. The summed E-state index contributed by atoms with van der Waals surface area (Å²) in [4.78, 5) is 24.5. The van der Waals surface area contributed by atoms with Crippen molar-refractivity contribution in [2.75, 3.05) is 13.2 Å². The fourth-order valence-corrected chi connectivity index (χ4v) is 9.08. The molecule has 0 aliphatic rings. The standard InChI is InChI=1S/C61H115NO5/c1-3-5-7-9-11-13-15-16-17-18-26-29-32-35-39-43-47-51-55-61(66)67-56-52-48-44-40-36-33-30-27-24-22-20-19-21-23-25-28-31-34-38-42-46-50-54-60(65)62-58(57-63)59(64)53-49-45-41-37-14-12-10-8-6-4-2/h13,15,17-18,21,23,58-59,63-64H,3-12,14,16,19-20,22,24-57H2,1-2H3,(H,62,65)/b15-13-,18-17-,23-21-. The fraction of sp³-hybridized carbons (Fsp3) is 0.869. The molecule has 0 aromatic rings. The number of nitrogens with one attached hydrogen (secondary N) is 1. The molecule has 0 heterocycles. The molecule has 394 valence electrons. The SMILES string of the molecule is CCCCCC/C=C\C/C=C\CCCCCCCCCC(=O)OCCCCCCCCCCCCC/C=C\CCCCCCCCCC(=O)NC(CO)C(O)CCCCCCCCCCCC. The highest BCUT2D eigenvalue weighted by Crippen LogP contribution is 2.16. The van der Waals surface area contributed by atoms with E-state index in [0.717, 1.165) is 51.4 Å². The van der Waals surface area contributed by atoms with Crippen molar-refractivity contribution >= 4 is 11.9 Å². The van der Waals surface area contributed by atoms with Crippen LogP contribution >= 0.6 is 0 Å². The van der Waals surface area contributed by atoms with Crippen LogP contribution in [-0.2, 0) is 14.3 Å². The van der Waals surface area contributed by atoms with Crippen molar-refractivity contribution in [3.8, 4) is 0 Å². The number of carbonyl (C=O) groups is 2. The first-order valence-corrected chi connectivity index (χ1v) is 29.7. The molecular formula is C61H115NO5. The molecule has 0 fully saturated rings. The number of esters is 1. The maximum atomic E-state index is 12.4. The van der Waals surface area contributed by atoms with Crippen molar-refractivity contribution in [2.24, 2.45) is 0 Å². The molecule has 0 aromatic carbocycles. The Morgan fingerprint density at radius 2 is 0.746 bits per heavy atom. The van der Waals surface area contributed by atoms with Crippen LogP contribution in [0.4, 0.5) is 0 Å². The third kappa shape index (κ3) is 53.3. The molecule has 0 aromatic heterocycles. The fourth-order valence-electron chi connectivity index (χ4n) is 9.08. The molecule has 2 atom stereocenters. The number of aliphatic hydroxyl groups is 2. The maximum Gasteiger partial charge on any atom is 0.305 e. The Balaban J connectivity index is 3.39. The molecule has 1 amide bonds. The summed E-state index contributed by atoms with van der Waals surface area (Å²) in [6, 6.07) is -0.545. The van der Waals surface area contributed by atoms with Gasteiger partial charge in [-0.05, 0) is 83.5 Å².